The SMILES string of the molecule is CC(CCCO)C(O)CCCCCOF. The van der Waals surface area contributed by atoms with Crippen molar-refractivity contribution in [3.8, 4) is 0 Å². The minimum absolute atomic E-state index is 0.149. The molecule has 3 nitrogen and oxygen atoms in total. The molecule has 0 rings (SSSR count). The van der Waals surface area contributed by atoms with Gasteiger partial charge in [0.2, 0.25) is 0 Å². The molecule has 2 atom stereocenters. The summed E-state index contributed by atoms with van der Waals surface area (Å²) in [4.78, 5) is 3.46. The van der Waals surface area contributed by atoms with Crippen molar-refractivity contribution in [1.82, 2.24) is 0 Å². The van der Waals surface area contributed by atoms with Gasteiger partial charge >= 0.3 is 0 Å². The van der Waals surface area contributed by atoms with Gasteiger partial charge in [-0.2, -0.15) is 4.94 Å². The Morgan fingerprint density at radius 2 is 1.87 bits per heavy atom. The summed E-state index contributed by atoms with van der Waals surface area (Å²) >= 11 is 0. The first-order valence-corrected chi connectivity index (χ1v) is 5.74. The zero-order valence-electron chi connectivity index (χ0n) is 9.49. The van der Waals surface area contributed by atoms with E-state index in [1.165, 1.54) is 0 Å². The van der Waals surface area contributed by atoms with Crippen LogP contribution < -0.4 is 0 Å². The van der Waals surface area contributed by atoms with Crippen molar-refractivity contribution in [2.45, 2.75) is 51.6 Å². The zero-order valence-corrected chi connectivity index (χ0v) is 9.49. The molecule has 0 spiro atoms. The summed E-state index contributed by atoms with van der Waals surface area (Å²) in [6.45, 7) is 2.33. The van der Waals surface area contributed by atoms with Crippen LogP contribution >= 0.6 is 0 Å². The number of aliphatic hydroxyl groups excluding tert-OH is 2. The summed E-state index contributed by atoms with van der Waals surface area (Å²) in [6.07, 6.45) is 4.52. The molecular formula is C11H23FO3. The topological polar surface area (TPSA) is 49.7 Å². The van der Waals surface area contributed by atoms with Crippen molar-refractivity contribution >= 4 is 0 Å². The first-order chi connectivity index (χ1) is 7.22. The van der Waals surface area contributed by atoms with Crippen molar-refractivity contribution in [3.05, 3.63) is 0 Å². The van der Waals surface area contributed by atoms with Crippen LogP contribution in [-0.4, -0.2) is 29.5 Å². The molecule has 0 aromatic carbocycles. The van der Waals surface area contributed by atoms with Gasteiger partial charge < -0.3 is 10.2 Å². The lowest BCUT2D eigenvalue weighted by Crippen LogP contribution is -2.17. The number of halogens is 1. The minimum Gasteiger partial charge on any atom is -0.396 e. The van der Waals surface area contributed by atoms with Crippen LogP contribution in [0.2, 0.25) is 0 Å². The van der Waals surface area contributed by atoms with Crippen LogP contribution in [0.4, 0.5) is 4.53 Å². The van der Waals surface area contributed by atoms with Gasteiger partial charge in [-0.15, -0.1) is 0 Å². The van der Waals surface area contributed by atoms with Gasteiger partial charge in [0.15, 0.2) is 0 Å². The van der Waals surface area contributed by atoms with E-state index >= 15 is 0 Å². The average molecular weight is 222 g/mol. The maximum atomic E-state index is 11.3. The van der Waals surface area contributed by atoms with Gasteiger partial charge in [-0.3, -0.25) is 0 Å². The summed E-state index contributed by atoms with van der Waals surface area (Å²) in [6, 6.07) is 0. The monoisotopic (exact) mass is 222 g/mol. The van der Waals surface area contributed by atoms with E-state index in [1.54, 1.807) is 0 Å². The first kappa shape index (κ1) is 14.8. The normalized spacial score (nSPS) is 15.2. The molecule has 0 heterocycles. The fraction of sp³-hybridized carbons (Fsp3) is 1.00. The molecule has 0 aromatic heterocycles. The van der Waals surface area contributed by atoms with Crippen LogP contribution in [0.1, 0.15) is 45.4 Å². The highest BCUT2D eigenvalue weighted by Crippen LogP contribution is 2.16. The Hall–Kier alpha value is -0.190. The van der Waals surface area contributed by atoms with E-state index in [2.05, 4.69) is 4.94 Å². The van der Waals surface area contributed by atoms with E-state index in [4.69, 9.17) is 5.11 Å². The molecule has 92 valence electrons. The predicted molar refractivity (Wildman–Crippen MR) is 57.0 cm³/mol. The van der Waals surface area contributed by atoms with Crippen LogP contribution in [0, 0.1) is 5.92 Å². The highest BCUT2D eigenvalue weighted by atomic mass is 19.3. The van der Waals surface area contributed by atoms with E-state index in [9.17, 15) is 9.63 Å². The Balaban J connectivity index is 3.34. The summed E-state index contributed by atoms with van der Waals surface area (Å²) in [5.74, 6) is 0.231. The third-order valence-corrected chi connectivity index (χ3v) is 2.70. The van der Waals surface area contributed by atoms with Gasteiger partial charge in [-0.05, 0) is 36.1 Å². The standard InChI is InChI=1S/C11H23FO3/c1-10(6-5-8-13)11(14)7-3-2-4-9-15-12/h10-11,13-14H,2-9H2,1H3. The van der Waals surface area contributed by atoms with Crippen molar-refractivity contribution in [2.75, 3.05) is 13.2 Å². The minimum atomic E-state index is -0.303. The second-order valence-electron chi connectivity index (χ2n) is 4.07. The lowest BCUT2D eigenvalue weighted by molar-refractivity contribution is -0.133. The van der Waals surface area contributed by atoms with Crippen molar-refractivity contribution in [1.29, 1.82) is 0 Å². The fourth-order valence-electron chi connectivity index (χ4n) is 1.58. The van der Waals surface area contributed by atoms with E-state index in [0.29, 0.717) is 6.42 Å². The molecule has 0 saturated carbocycles. The van der Waals surface area contributed by atoms with Gasteiger partial charge in [0.05, 0.1) is 12.7 Å². The number of hydrogen-bond acceptors (Lipinski definition) is 3. The molecule has 0 fully saturated rings. The number of rotatable bonds is 10. The van der Waals surface area contributed by atoms with Crippen LogP contribution in [0.5, 0.6) is 0 Å². The molecular weight excluding hydrogens is 199 g/mol. The van der Waals surface area contributed by atoms with Crippen LogP contribution in [0.25, 0.3) is 0 Å². The van der Waals surface area contributed by atoms with Gasteiger partial charge in [0.25, 0.3) is 0 Å². The maximum Gasteiger partial charge on any atom is 0.0876 e. The second-order valence-corrected chi connectivity index (χ2v) is 4.07. The van der Waals surface area contributed by atoms with Gasteiger partial charge in [0.1, 0.15) is 0 Å². The zero-order chi connectivity index (χ0) is 11.5. The summed E-state index contributed by atoms with van der Waals surface area (Å²) < 4.78 is 11.3. The van der Waals surface area contributed by atoms with Crippen molar-refractivity contribution < 1.29 is 19.7 Å². The van der Waals surface area contributed by atoms with Crippen molar-refractivity contribution in [2.24, 2.45) is 5.92 Å². The molecule has 0 aliphatic heterocycles. The molecule has 15 heavy (non-hydrogen) atoms. The Labute approximate surface area is 91.2 Å². The van der Waals surface area contributed by atoms with E-state index in [-0.39, 0.29) is 25.2 Å². The summed E-state index contributed by atoms with van der Waals surface area (Å²) in [5.41, 5.74) is 0. The third kappa shape index (κ3) is 8.78. The second kappa shape index (κ2) is 10.3. The molecule has 0 saturated heterocycles. The van der Waals surface area contributed by atoms with E-state index in [1.807, 2.05) is 6.92 Å². The summed E-state index contributed by atoms with van der Waals surface area (Å²) in [5, 5.41) is 18.4. The first-order valence-electron chi connectivity index (χ1n) is 5.74. The molecule has 4 heteroatoms. The lowest BCUT2D eigenvalue weighted by Gasteiger charge is -2.18. The molecule has 0 aliphatic rings. The lowest BCUT2D eigenvalue weighted by atomic mass is 9.95. The molecule has 0 bridgehead atoms. The Morgan fingerprint density at radius 3 is 2.47 bits per heavy atom. The summed E-state index contributed by atoms with van der Waals surface area (Å²) in [7, 11) is 0. The fourth-order valence-corrected chi connectivity index (χ4v) is 1.58. The predicted octanol–water partition coefficient (Wildman–Crippen LogP) is 2.22. The van der Waals surface area contributed by atoms with Crippen molar-refractivity contribution in [3.63, 3.8) is 0 Å². The molecule has 0 amide bonds. The van der Waals surface area contributed by atoms with Crippen LogP contribution in [0.15, 0.2) is 0 Å². The average Bonchev–Trinajstić information content (AvgIpc) is 2.25. The van der Waals surface area contributed by atoms with E-state index < -0.39 is 0 Å². The number of hydrogen-bond donors (Lipinski definition) is 2. The van der Waals surface area contributed by atoms with E-state index in [0.717, 1.165) is 32.1 Å². The Bertz CT molecular complexity index is 133. The quantitative estimate of drug-likeness (QED) is 0.557. The number of unbranched alkanes of at least 4 members (excludes halogenated alkanes) is 2. The highest BCUT2D eigenvalue weighted by Gasteiger charge is 2.12. The largest absolute Gasteiger partial charge is 0.396 e. The maximum absolute atomic E-state index is 11.3. The molecule has 0 aliphatic carbocycles. The van der Waals surface area contributed by atoms with Gasteiger partial charge in [0, 0.05) is 6.61 Å². The Kier molecular flexibility index (Phi) is 10.2. The number of aliphatic hydroxyl groups is 2. The smallest absolute Gasteiger partial charge is 0.0876 e. The molecule has 0 radical (unpaired) electrons. The van der Waals surface area contributed by atoms with Gasteiger partial charge in [-0.25, -0.2) is 0 Å². The molecule has 0 aromatic rings. The van der Waals surface area contributed by atoms with Crippen LogP contribution in [0.3, 0.4) is 0 Å². The highest BCUT2D eigenvalue weighted by molar-refractivity contribution is 4.64. The van der Waals surface area contributed by atoms with Crippen LogP contribution in [-0.2, 0) is 4.94 Å². The molecule has 2 N–H and O–H groups in total. The molecule has 2 unspecified atom stereocenters. The third-order valence-electron chi connectivity index (χ3n) is 2.70. The van der Waals surface area contributed by atoms with Gasteiger partial charge in [-0.1, -0.05) is 19.8 Å². The Morgan fingerprint density at radius 1 is 1.13 bits per heavy atom.